The minimum absolute atomic E-state index is 0.197. The lowest BCUT2D eigenvalue weighted by atomic mass is 9.70. The van der Waals surface area contributed by atoms with Gasteiger partial charge >= 0.3 is 0 Å². The predicted molar refractivity (Wildman–Crippen MR) is 71.6 cm³/mol. The zero-order valence-corrected chi connectivity index (χ0v) is 11.5. The van der Waals surface area contributed by atoms with Gasteiger partial charge in [-0.1, -0.05) is 6.42 Å². The Morgan fingerprint density at radius 3 is 2.79 bits per heavy atom. The molecule has 4 heteroatoms. The Morgan fingerprint density at radius 1 is 1.05 bits per heavy atom. The summed E-state index contributed by atoms with van der Waals surface area (Å²) in [4.78, 5) is 17.0. The van der Waals surface area contributed by atoms with Gasteiger partial charge < -0.3 is 10.0 Å². The molecule has 4 aliphatic rings. The number of carbonyl (C=O) groups excluding carboxylic acids is 1. The fourth-order valence-corrected chi connectivity index (χ4v) is 5.10. The van der Waals surface area contributed by atoms with E-state index in [-0.39, 0.29) is 5.91 Å². The molecule has 4 nitrogen and oxygen atoms in total. The van der Waals surface area contributed by atoms with Crippen LogP contribution in [0.5, 0.6) is 0 Å². The van der Waals surface area contributed by atoms with Crippen LogP contribution in [-0.4, -0.2) is 58.6 Å². The first-order valence-corrected chi connectivity index (χ1v) is 7.94. The summed E-state index contributed by atoms with van der Waals surface area (Å²) in [5, 5.41) is 9.89. The van der Waals surface area contributed by atoms with Crippen LogP contribution in [0.15, 0.2) is 0 Å². The lowest BCUT2D eigenvalue weighted by Crippen LogP contribution is -2.65. The first-order valence-electron chi connectivity index (χ1n) is 7.94. The maximum Gasteiger partial charge on any atom is 0.225 e. The van der Waals surface area contributed by atoms with Gasteiger partial charge in [-0.05, 0) is 44.1 Å². The highest BCUT2D eigenvalue weighted by Gasteiger charge is 2.49. The first kappa shape index (κ1) is 12.2. The fourth-order valence-electron chi connectivity index (χ4n) is 5.10. The number of rotatable bonds is 0. The summed E-state index contributed by atoms with van der Waals surface area (Å²) in [6, 6.07) is 1.04. The zero-order valence-electron chi connectivity index (χ0n) is 11.5. The Bertz CT molecular complexity index is 386. The average Bonchev–Trinajstić information content (AvgIpc) is 2.40. The molecule has 4 rings (SSSR count). The van der Waals surface area contributed by atoms with Crippen molar-refractivity contribution in [2.24, 2.45) is 11.8 Å². The molecule has 0 aromatic rings. The van der Waals surface area contributed by atoms with E-state index in [1.165, 1.54) is 32.2 Å². The van der Waals surface area contributed by atoms with Crippen molar-refractivity contribution < 1.29 is 9.90 Å². The third-order valence-electron chi connectivity index (χ3n) is 5.90. The molecule has 0 saturated carbocycles. The van der Waals surface area contributed by atoms with E-state index in [1.54, 1.807) is 0 Å². The molecule has 0 unspecified atom stereocenters. The number of aliphatic hydroxyl groups is 1. The molecule has 0 spiro atoms. The second-order valence-electron chi connectivity index (χ2n) is 7.02. The molecular weight excluding hydrogens is 240 g/mol. The standard InChI is InChI=1S/C15H24N2O2/c18-12-6-14-10-5-11(9-17(14)15(19)7-12)13-3-1-2-4-16(13)8-10/h10-14,18H,1-9H2/t10-,11-,12+,13-,14+/m0/s1. The second kappa shape index (κ2) is 4.45. The van der Waals surface area contributed by atoms with Crippen LogP contribution in [0.4, 0.5) is 0 Å². The second-order valence-corrected chi connectivity index (χ2v) is 7.02. The Morgan fingerprint density at radius 2 is 1.89 bits per heavy atom. The molecule has 4 fully saturated rings. The van der Waals surface area contributed by atoms with Crippen molar-refractivity contribution in [2.75, 3.05) is 19.6 Å². The molecule has 1 N–H and O–H groups in total. The van der Waals surface area contributed by atoms with Gasteiger partial charge in [-0.2, -0.15) is 0 Å². The van der Waals surface area contributed by atoms with E-state index < -0.39 is 6.10 Å². The summed E-state index contributed by atoms with van der Waals surface area (Å²) in [6.07, 6.45) is 6.06. The Labute approximate surface area is 114 Å². The molecular formula is C15H24N2O2. The summed E-state index contributed by atoms with van der Waals surface area (Å²) in [5.74, 6) is 1.49. The molecule has 2 bridgehead atoms. The molecule has 0 aliphatic carbocycles. The van der Waals surface area contributed by atoms with E-state index >= 15 is 0 Å². The predicted octanol–water partition coefficient (Wildman–Crippen LogP) is 0.843. The largest absolute Gasteiger partial charge is 0.393 e. The Kier molecular flexibility index (Phi) is 2.85. The number of hydrogen-bond donors (Lipinski definition) is 1. The Balaban J connectivity index is 1.59. The summed E-state index contributed by atoms with van der Waals surface area (Å²) < 4.78 is 0. The fraction of sp³-hybridized carbons (Fsp3) is 0.933. The van der Waals surface area contributed by atoms with Crippen molar-refractivity contribution in [2.45, 2.75) is 56.7 Å². The van der Waals surface area contributed by atoms with E-state index in [4.69, 9.17) is 0 Å². The molecule has 0 aromatic heterocycles. The zero-order chi connectivity index (χ0) is 13.0. The number of fused-ring (bicyclic) bond motifs is 6. The topological polar surface area (TPSA) is 43.8 Å². The minimum atomic E-state index is -0.399. The smallest absolute Gasteiger partial charge is 0.225 e. The Hall–Kier alpha value is -0.610. The van der Waals surface area contributed by atoms with Gasteiger partial charge in [0.2, 0.25) is 5.91 Å². The summed E-state index contributed by atoms with van der Waals surface area (Å²) in [5.41, 5.74) is 0. The molecule has 106 valence electrons. The van der Waals surface area contributed by atoms with Crippen LogP contribution in [-0.2, 0) is 4.79 Å². The van der Waals surface area contributed by atoms with E-state index in [9.17, 15) is 9.90 Å². The third-order valence-corrected chi connectivity index (χ3v) is 5.90. The maximum atomic E-state index is 12.2. The van der Waals surface area contributed by atoms with E-state index in [2.05, 4.69) is 9.80 Å². The number of nitrogens with zero attached hydrogens (tertiary/aromatic N) is 2. The van der Waals surface area contributed by atoms with Crippen LogP contribution >= 0.6 is 0 Å². The maximum absolute atomic E-state index is 12.2. The SMILES string of the molecule is O=C1C[C@H](O)C[C@@H]2[C@H]3C[C@@H](CN12)[C@@H]1CCCCN1C3. The van der Waals surface area contributed by atoms with Crippen molar-refractivity contribution in [3.05, 3.63) is 0 Å². The lowest BCUT2D eigenvalue weighted by Gasteiger charge is -2.57. The van der Waals surface area contributed by atoms with Crippen LogP contribution in [0.1, 0.15) is 38.5 Å². The van der Waals surface area contributed by atoms with E-state index in [0.717, 1.165) is 25.6 Å². The van der Waals surface area contributed by atoms with Gasteiger partial charge in [-0.3, -0.25) is 9.69 Å². The van der Waals surface area contributed by atoms with Gasteiger partial charge in [0.1, 0.15) is 0 Å². The van der Waals surface area contributed by atoms with Crippen LogP contribution in [0.3, 0.4) is 0 Å². The number of piperidine rings is 4. The van der Waals surface area contributed by atoms with Crippen molar-refractivity contribution in [1.82, 2.24) is 9.80 Å². The molecule has 19 heavy (non-hydrogen) atoms. The normalized spacial score (nSPS) is 46.7. The quantitative estimate of drug-likeness (QED) is 0.705. The van der Waals surface area contributed by atoms with Gasteiger partial charge in [0.05, 0.1) is 12.5 Å². The first-order chi connectivity index (χ1) is 9.22. The summed E-state index contributed by atoms with van der Waals surface area (Å²) in [7, 11) is 0. The van der Waals surface area contributed by atoms with Crippen LogP contribution in [0.2, 0.25) is 0 Å². The van der Waals surface area contributed by atoms with Crippen molar-refractivity contribution in [1.29, 1.82) is 0 Å². The molecule has 4 saturated heterocycles. The number of aliphatic hydroxyl groups excluding tert-OH is 1. The lowest BCUT2D eigenvalue weighted by molar-refractivity contribution is -0.154. The van der Waals surface area contributed by atoms with E-state index in [1.807, 2.05) is 0 Å². The summed E-state index contributed by atoms with van der Waals surface area (Å²) >= 11 is 0. The number of amides is 1. The summed E-state index contributed by atoms with van der Waals surface area (Å²) in [6.45, 7) is 3.36. The number of hydrogen-bond acceptors (Lipinski definition) is 3. The van der Waals surface area contributed by atoms with Gasteiger partial charge in [-0.15, -0.1) is 0 Å². The van der Waals surface area contributed by atoms with Crippen LogP contribution < -0.4 is 0 Å². The molecule has 5 atom stereocenters. The van der Waals surface area contributed by atoms with Gasteiger partial charge in [0, 0.05) is 25.2 Å². The van der Waals surface area contributed by atoms with Crippen LogP contribution in [0.25, 0.3) is 0 Å². The van der Waals surface area contributed by atoms with Crippen LogP contribution in [0, 0.1) is 11.8 Å². The molecule has 1 amide bonds. The van der Waals surface area contributed by atoms with Gasteiger partial charge in [0.25, 0.3) is 0 Å². The minimum Gasteiger partial charge on any atom is -0.393 e. The number of carbonyl (C=O) groups is 1. The molecule has 0 aromatic carbocycles. The monoisotopic (exact) mass is 264 g/mol. The third kappa shape index (κ3) is 1.91. The van der Waals surface area contributed by atoms with Gasteiger partial charge in [0.15, 0.2) is 0 Å². The van der Waals surface area contributed by atoms with Gasteiger partial charge in [-0.25, -0.2) is 0 Å². The highest BCUT2D eigenvalue weighted by Crippen LogP contribution is 2.42. The highest BCUT2D eigenvalue weighted by molar-refractivity contribution is 5.78. The van der Waals surface area contributed by atoms with Crippen molar-refractivity contribution in [3.8, 4) is 0 Å². The van der Waals surface area contributed by atoms with Crippen molar-refractivity contribution in [3.63, 3.8) is 0 Å². The molecule has 0 radical (unpaired) electrons. The molecule has 4 aliphatic heterocycles. The highest BCUT2D eigenvalue weighted by atomic mass is 16.3. The van der Waals surface area contributed by atoms with Crippen molar-refractivity contribution >= 4 is 5.91 Å². The van der Waals surface area contributed by atoms with E-state index in [0.29, 0.717) is 24.3 Å². The molecule has 4 heterocycles. The average molecular weight is 264 g/mol.